The maximum Gasteiger partial charge on any atom is 0.307 e. The topological polar surface area (TPSA) is 75.6 Å². The Balaban J connectivity index is 2.65. The fraction of sp³-hybridized carbons (Fsp3) is 0.833. The first-order valence-corrected chi connectivity index (χ1v) is 5.67. The van der Waals surface area contributed by atoms with Gasteiger partial charge < -0.3 is 15.2 Å². The predicted octanol–water partition coefficient (Wildman–Crippen LogP) is 0.884. The molecule has 0 aliphatic heterocycles. The second kappa shape index (κ2) is 4.29. The van der Waals surface area contributed by atoms with Crippen molar-refractivity contribution in [1.82, 2.24) is 5.32 Å². The summed E-state index contributed by atoms with van der Waals surface area (Å²) < 4.78 is 5.00. The van der Waals surface area contributed by atoms with Crippen LogP contribution in [0.5, 0.6) is 0 Å². The molecular formula is C12H21NO4. The summed E-state index contributed by atoms with van der Waals surface area (Å²) in [6.45, 7) is 7.70. The van der Waals surface area contributed by atoms with Crippen LogP contribution >= 0.6 is 0 Å². The summed E-state index contributed by atoms with van der Waals surface area (Å²) in [5.41, 5.74) is -0.938. The molecule has 1 saturated carbocycles. The molecule has 0 bridgehead atoms. The zero-order valence-corrected chi connectivity index (χ0v) is 11.0. The van der Waals surface area contributed by atoms with Gasteiger partial charge in [-0.25, -0.2) is 0 Å². The third-order valence-electron chi connectivity index (χ3n) is 3.34. The van der Waals surface area contributed by atoms with E-state index in [4.69, 9.17) is 9.84 Å². The number of hydrogen-bond acceptors (Lipinski definition) is 3. The number of rotatable bonds is 5. The Kier molecular flexibility index (Phi) is 3.52. The molecule has 2 unspecified atom stereocenters. The number of carbonyl (C=O) groups excluding carboxylic acids is 1. The van der Waals surface area contributed by atoms with E-state index in [1.165, 1.54) is 0 Å². The van der Waals surface area contributed by atoms with Gasteiger partial charge in [-0.05, 0) is 19.3 Å². The Morgan fingerprint density at radius 1 is 1.35 bits per heavy atom. The van der Waals surface area contributed by atoms with E-state index in [0.717, 1.165) is 0 Å². The standard InChI is InChI=1S/C12H21NO4/c1-11(2,6-17-5)13-9(14)7-8(10(15)16)12(7,3)4/h7-8H,6H2,1-5H3,(H,13,14)(H,15,16). The average Bonchev–Trinajstić information content (AvgIpc) is 2.67. The lowest BCUT2D eigenvalue weighted by Gasteiger charge is -2.25. The van der Waals surface area contributed by atoms with E-state index < -0.39 is 28.8 Å². The Bertz CT molecular complexity index is 335. The predicted molar refractivity (Wildman–Crippen MR) is 62.5 cm³/mol. The van der Waals surface area contributed by atoms with Crippen LogP contribution in [0.15, 0.2) is 0 Å². The van der Waals surface area contributed by atoms with Crippen LogP contribution in [-0.2, 0) is 14.3 Å². The summed E-state index contributed by atoms with van der Waals surface area (Å²) in [6.07, 6.45) is 0. The molecule has 1 rings (SSSR count). The Morgan fingerprint density at radius 2 is 1.88 bits per heavy atom. The van der Waals surface area contributed by atoms with Crippen molar-refractivity contribution in [1.29, 1.82) is 0 Å². The van der Waals surface area contributed by atoms with Gasteiger partial charge >= 0.3 is 5.97 Å². The molecule has 0 radical (unpaired) electrons. The molecule has 0 spiro atoms. The van der Waals surface area contributed by atoms with Crippen molar-refractivity contribution in [2.45, 2.75) is 33.2 Å². The van der Waals surface area contributed by atoms with Gasteiger partial charge in [0.1, 0.15) is 0 Å². The van der Waals surface area contributed by atoms with Crippen LogP contribution in [0, 0.1) is 17.3 Å². The van der Waals surface area contributed by atoms with Crippen LogP contribution in [0.25, 0.3) is 0 Å². The molecule has 1 fully saturated rings. The van der Waals surface area contributed by atoms with E-state index in [1.54, 1.807) is 21.0 Å². The molecule has 2 atom stereocenters. The van der Waals surface area contributed by atoms with E-state index in [0.29, 0.717) is 6.61 Å². The van der Waals surface area contributed by atoms with Crippen LogP contribution in [0.3, 0.4) is 0 Å². The van der Waals surface area contributed by atoms with Crippen molar-refractivity contribution in [2.24, 2.45) is 17.3 Å². The van der Waals surface area contributed by atoms with Gasteiger partial charge in [-0.2, -0.15) is 0 Å². The summed E-state index contributed by atoms with van der Waals surface area (Å²) in [5.74, 6) is -2.14. The highest BCUT2D eigenvalue weighted by molar-refractivity contribution is 5.91. The average molecular weight is 243 g/mol. The van der Waals surface area contributed by atoms with E-state index in [2.05, 4.69) is 5.32 Å². The fourth-order valence-corrected chi connectivity index (χ4v) is 2.40. The number of amides is 1. The highest BCUT2D eigenvalue weighted by atomic mass is 16.5. The molecule has 98 valence electrons. The Morgan fingerprint density at radius 3 is 2.24 bits per heavy atom. The summed E-state index contributed by atoms with van der Waals surface area (Å²) in [4.78, 5) is 23.0. The van der Waals surface area contributed by atoms with E-state index >= 15 is 0 Å². The molecule has 2 N–H and O–H groups in total. The first-order valence-electron chi connectivity index (χ1n) is 5.67. The van der Waals surface area contributed by atoms with Crippen LogP contribution in [0.4, 0.5) is 0 Å². The number of hydrogen-bond donors (Lipinski definition) is 2. The van der Waals surface area contributed by atoms with Crippen LogP contribution in [-0.4, -0.2) is 36.2 Å². The van der Waals surface area contributed by atoms with Crippen LogP contribution in [0.2, 0.25) is 0 Å². The summed E-state index contributed by atoms with van der Waals surface area (Å²) in [5, 5.41) is 11.8. The van der Waals surface area contributed by atoms with Gasteiger partial charge in [0.2, 0.25) is 5.91 Å². The number of nitrogens with one attached hydrogen (secondary N) is 1. The molecule has 0 saturated heterocycles. The smallest absolute Gasteiger partial charge is 0.307 e. The molecule has 0 aromatic heterocycles. The Hall–Kier alpha value is -1.10. The highest BCUT2D eigenvalue weighted by Crippen LogP contribution is 2.58. The quantitative estimate of drug-likeness (QED) is 0.751. The molecule has 17 heavy (non-hydrogen) atoms. The summed E-state index contributed by atoms with van der Waals surface area (Å²) in [6, 6.07) is 0. The molecule has 1 aliphatic rings. The zero-order chi connectivity index (χ0) is 13.4. The van der Waals surface area contributed by atoms with Crippen LogP contribution in [0.1, 0.15) is 27.7 Å². The molecule has 1 amide bonds. The van der Waals surface area contributed by atoms with E-state index in [1.807, 2.05) is 13.8 Å². The van der Waals surface area contributed by atoms with Crippen molar-refractivity contribution in [3.63, 3.8) is 0 Å². The normalized spacial score (nSPS) is 26.4. The van der Waals surface area contributed by atoms with Crippen molar-refractivity contribution >= 4 is 11.9 Å². The van der Waals surface area contributed by atoms with Gasteiger partial charge in [0, 0.05) is 7.11 Å². The lowest BCUT2D eigenvalue weighted by Crippen LogP contribution is -2.48. The minimum absolute atomic E-state index is 0.204. The van der Waals surface area contributed by atoms with Crippen molar-refractivity contribution in [3.05, 3.63) is 0 Å². The number of ether oxygens (including phenoxy) is 1. The van der Waals surface area contributed by atoms with Crippen molar-refractivity contribution in [3.8, 4) is 0 Å². The van der Waals surface area contributed by atoms with Gasteiger partial charge in [-0.15, -0.1) is 0 Å². The monoisotopic (exact) mass is 243 g/mol. The SMILES string of the molecule is COCC(C)(C)NC(=O)C1C(C(=O)O)C1(C)C. The first-order chi connectivity index (χ1) is 7.63. The Labute approximate surface area is 102 Å². The molecule has 5 nitrogen and oxygen atoms in total. The number of methoxy groups -OCH3 is 1. The largest absolute Gasteiger partial charge is 0.481 e. The molecule has 0 aromatic carbocycles. The van der Waals surface area contributed by atoms with Crippen molar-refractivity contribution in [2.75, 3.05) is 13.7 Å². The second-order valence-corrected chi connectivity index (χ2v) is 5.92. The highest BCUT2D eigenvalue weighted by Gasteiger charge is 2.66. The fourth-order valence-electron chi connectivity index (χ4n) is 2.40. The number of carbonyl (C=O) groups is 2. The minimum Gasteiger partial charge on any atom is -0.481 e. The van der Waals surface area contributed by atoms with Gasteiger partial charge in [0.25, 0.3) is 0 Å². The lowest BCUT2D eigenvalue weighted by atomic mass is 10.1. The number of aliphatic carboxylic acids is 1. The van der Waals surface area contributed by atoms with Gasteiger partial charge in [-0.1, -0.05) is 13.8 Å². The maximum atomic E-state index is 12.0. The van der Waals surface area contributed by atoms with Crippen molar-refractivity contribution < 1.29 is 19.4 Å². The number of carboxylic acids is 1. The first kappa shape index (κ1) is 14.0. The summed E-state index contributed by atoms with van der Waals surface area (Å²) >= 11 is 0. The third-order valence-corrected chi connectivity index (χ3v) is 3.34. The second-order valence-electron chi connectivity index (χ2n) is 5.92. The van der Waals surface area contributed by atoms with E-state index in [-0.39, 0.29) is 5.91 Å². The van der Waals surface area contributed by atoms with Gasteiger partial charge in [-0.3, -0.25) is 9.59 Å². The molecule has 1 aliphatic carbocycles. The molecular weight excluding hydrogens is 222 g/mol. The molecule has 0 aromatic rings. The zero-order valence-electron chi connectivity index (χ0n) is 11.0. The minimum atomic E-state index is -0.903. The summed E-state index contributed by atoms with van der Waals surface area (Å²) in [7, 11) is 1.56. The third kappa shape index (κ3) is 2.77. The van der Waals surface area contributed by atoms with E-state index in [9.17, 15) is 9.59 Å². The molecule has 5 heteroatoms. The number of carboxylic acid groups (broad SMARTS) is 1. The lowest BCUT2D eigenvalue weighted by molar-refractivity contribution is -0.140. The molecule has 0 heterocycles. The van der Waals surface area contributed by atoms with Gasteiger partial charge in [0.05, 0.1) is 24.0 Å². The maximum absolute atomic E-state index is 12.0. The van der Waals surface area contributed by atoms with Crippen LogP contribution < -0.4 is 5.32 Å². The van der Waals surface area contributed by atoms with Gasteiger partial charge in [0.15, 0.2) is 0 Å².